The summed E-state index contributed by atoms with van der Waals surface area (Å²) in [6.07, 6.45) is 5.17. The average Bonchev–Trinajstić information content (AvgIpc) is 2.83. The van der Waals surface area contributed by atoms with Crippen LogP contribution in [-0.2, 0) is 6.54 Å². The molecule has 0 aliphatic heterocycles. The summed E-state index contributed by atoms with van der Waals surface area (Å²) in [5.74, 6) is 0. The first-order valence-corrected chi connectivity index (χ1v) is 7.40. The minimum absolute atomic E-state index is 0.183. The number of nitrogens with one attached hydrogen (secondary N) is 1. The number of rotatable bonds is 5. The maximum absolute atomic E-state index is 4.41. The van der Waals surface area contributed by atoms with E-state index in [2.05, 4.69) is 64.6 Å². The van der Waals surface area contributed by atoms with Crippen molar-refractivity contribution < 1.29 is 0 Å². The van der Waals surface area contributed by atoms with Gasteiger partial charge in [-0.3, -0.25) is 4.68 Å². The average molecular weight is 322 g/mol. The Bertz CT molecular complexity index is 548. The molecule has 0 bridgehead atoms. The predicted octanol–water partition coefficient (Wildman–Crippen LogP) is 3.67. The molecule has 1 unspecified atom stereocenters. The molecule has 3 nitrogen and oxygen atoms in total. The molecule has 0 amide bonds. The lowest BCUT2D eigenvalue weighted by Gasteiger charge is -2.16. The normalized spacial score (nSPS) is 12.6. The van der Waals surface area contributed by atoms with Gasteiger partial charge in [-0.2, -0.15) is 5.10 Å². The molecule has 1 aromatic carbocycles. The molecule has 2 aromatic rings. The third kappa shape index (κ3) is 3.25. The van der Waals surface area contributed by atoms with Crippen LogP contribution < -0.4 is 5.32 Å². The summed E-state index contributed by atoms with van der Waals surface area (Å²) in [5.41, 5.74) is 3.70. The van der Waals surface area contributed by atoms with E-state index >= 15 is 0 Å². The molecule has 4 heteroatoms. The molecular formula is C15H20BrN3. The minimum atomic E-state index is 0.183. The molecule has 102 valence electrons. The Morgan fingerprint density at radius 2 is 2.16 bits per heavy atom. The molecule has 0 fully saturated rings. The van der Waals surface area contributed by atoms with Crippen molar-refractivity contribution in [1.29, 1.82) is 0 Å². The zero-order valence-corrected chi connectivity index (χ0v) is 13.2. The predicted molar refractivity (Wildman–Crippen MR) is 82.3 cm³/mol. The first kappa shape index (κ1) is 14.3. The number of hydrogen-bond donors (Lipinski definition) is 1. The van der Waals surface area contributed by atoms with E-state index in [9.17, 15) is 0 Å². The third-order valence-corrected chi connectivity index (χ3v) is 4.11. The molecule has 0 aliphatic rings. The van der Waals surface area contributed by atoms with Gasteiger partial charge in [0.15, 0.2) is 0 Å². The lowest BCUT2D eigenvalue weighted by molar-refractivity contribution is 0.600. The van der Waals surface area contributed by atoms with Crippen molar-refractivity contribution in [2.45, 2.75) is 32.9 Å². The number of benzene rings is 1. The van der Waals surface area contributed by atoms with Crippen LogP contribution in [0.15, 0.2) is 35.1 Å². The van der Waals surface area contributed by atoms with Crippen molar-refractivity contribution in [2.75, 3.05) is 7.05 Å². The van der Waals surface area contributed by atoms with Crippen molar-refractivity contribution in [1.82, 2.24) is 15.1 Å². The molecule has 0 radical (unpaired) electrons. The number of nitrogens with zero attached hydrogens (tertiary/aromatic N) is 2. The largest absolute Gasteiger partial charge is 0.309 e. The summed E-state index contributed by atoms with van der Waals surface area (Å²) >= 11 is 3.60. The van der Waals surface area contributed by atoms with Gasteiger partial charge in [0.1, 0.15) is 0 Å². The highest BCUT2D eigenvalue weighted by Crippen LogP contribution is 2.26. The van der Waals surface area contributed by atoms with E-state index in [0.717, 1.165) is 17.4 Å². The highest BCUT2D eigenvalue weighted by atomic mass is 79.9. The van der Waals surface area contributed by atoms with Crippen LogP contribution in [0.2, 0.25) is 0 Å². The van der Waals surface area contributed by atoms with Crippen molar-refractivity contribution in [3.05, 3.63) is 51.8 Å². The molecule has 1 heterocycles. The molecule has 1 N–H and O–H groups in total. The lowest BCUT2D eigenvalue weighted by atomic mass is 10.0. The Hall–Kier alpha value is -1.13. The molecule has 1 aromatic heterocycles. The van der Waals surface area contributed by atoms with Gasteiger partial charge in [0, 0.05) is 22.8 Å². The number of aromatic nitrogens is 2. The van der Waals surface area contributed by atoms with Gasteiger partial charge in [-0.15, -0.1) is 0 Å². The summed E-state index contributed by atoms with van der Waals surface area (Å²) in [6, 6.07) is 6.66. The van der Waals surface area contributed by atoms with Gasteiger partial charge in [0.2, 0.25) is 0 Å². The summed E-state index contributed by atoms with van der Waals surface area (Å²) in [4.78, 5) is 0. The summed E-state index contributed by atoms with van der Waals surface area (Å²) in [6.45, 7) is 5.23. The van der Waals surface area contributed by atoms with Crippen LogP contribution in [0.4, 0.5) is 0 Å². The lowest BCUT2D eigenvalue weighted by Crippen LogP contribution is -2.17. The van der Waals surface area contributed by atoms with Crippen molar-refractivity contribution in [3.8, 4) is 0 Å². The van der Waals surface area contributed by atoms with Crippen LogP contribution in [0, 0.1) is 6.92 Å². The van der Waals surface area contributed by atoms with Crippen molar-refractivity contribution in [2.24, 2.45) is 0 Å². The van der Waals surface area contributed by atoms with E-state index in [0.29, 0.717) is 0 Å². The van der Waals surface area contributed by atoms with Gasteiger partial charge in [-0.1, -0.05) is 35.0 Å². The molecule has 19 heavy (non-hydrogen) atoms. The molecule has 0 saturated heterocycles. The number of aryl methyl sites for hydroxylation is 2. The summed E-state index contributed by atoms with van der Waals surface area (Å²) < 4.78 is 3.15. The molecule has 0 spiro atoms. The maximum atomic E-state index is 4.41. The Kier molecular flexibility index (Phi) is 4.77. The van der Waals surface area contributed by atoms with Gasteiger partial charge in [0.05, 0.1) is 12.2 Å². The first-order valence-electron chi connectivity index (χ1n) is 6.61. The van der Waals surface area contributed by atoms with E-state index in [1.807, 2.05) is 17.9 Å². The molecule has 0 aliphatic carbocycles. The van der Waals surface area contributed by atoms with E-state index in [4.69, 9.17) is 0 Å². The van der Waals surface area contributed by atoms with Crippen molar-refractivity contribution >= 4 is 15.9 Å². The monoisotopic (exact) mass is 321 g/mol. The van der Waals surface area contributed by atoms with Crippen LogP contribution in [-0.4, -0.2) is 16.8 Å². The number of halogens is 1. The highest BCUT2D eigenvalue weighted by Gasteiger charge is 2.14. The van der Waals surface area contributed by atoms with E-state index in [1.54, 1.807) is 0 Å². The fraction of sp³-hybridized carbons (Fsp3) is 0.400. The SMILES string of the molecule is CCCn1cc(C(NC)c2ccc(C)c(Br)c2)cn1. The minimum Gasteiger partial charge on any atom is -0.309 e. The maximum Gasteiger partial charge on any atom is 0.0605 e. The second-order valence-corrected chi connectivity index (χ2v) is 5.62. The second-order valence-electron chi connectivity index (χ2n) is 4.77. The Morgan fingerprint density at radius 3 is 2.79 bits per heavy atom. The van der Waals surface area contributed by atoms with E-state index < -0.39 is 0 Å². The summed E-state index contributed by atoms with van der Waals surface area (Å²) in [7, 11) is 1.98. The van der Waals surface area contributed by atoms with Gasteiger partial charge >= 0.3 is 0 Å². The van der Waals surface area contributed by atoms with Gasteiger partial charge in [-0.25, -0.2) is 0 Å². The number of hydrogen-bond acceptors (Lipinski definition) is 2. The highest BCUT2D eigenvalue weighted by molar-refractivity contribution is 9.10. The fourth-order valence-electron chi connectivity index (χ4n) is 2.19. The van der Waals surface area contributed by atoms with E-state index in [-0.39, 0.29) is 6.04 Å². The van der Waals surface area contributed by atoms with Crippen LogP contribution >= 0.6 is 15.9 Å². The van der Waals surface area contributed by atoms with Crippen molar-refractivity contribution in [3.63, 3.8) is 0 Å². The quantitative estimate of drug-likeness (QED) is 0.910. The second kappa shape index (κ2) is 6.35. The Balaban J connectivity index is 2.29. The standard InChI is InChI=1S/C15H20BrN3/c1-4-7-19-10-13(9-18-19)15(17-3)12-6-5-11(2)14(16)8-12/h5-6,8-10,15,17H,4,7H2,1-3H3. The smallest absolute Gasteiger partial charge is 0.0605 e. The Morgan fingerprint density at radius 1 is 1.37 bits per heavy atom. The zero-order chi connectivity index (χ0) is 13.8. The zero-order valence-electron chi connectivity index (χ0n) is 11.7. The molecule has 0 saturated carbocycles. The van der Waals surface area contributed by atoms with Crippen LogP contribution in [0.25, 0.3) is 0 Å². The molecule has 1 atom stereocenters. The Labute approximate surface area is 123 Å². The molecular weight excluding hydrogens is 302 g/mol. The van der Waals surface area contributed by atoms with Crippen LogP contribution in [0.3, 0.4) is 0 Å². The fourth-order valence-corrected chi connectivity index (χ4v) is 2.59. The topological polar surface area (TPSA) is 29.9 Å². The van der Waals surface area contributed by atoms with E-state index in [1.165, 1.54) is 16.7 Å². The van der Waals surface area contributed by atoms with Gasteiger partial charge in [0.25, 0.3) is 0 Å². The first-order chi connectivity index (χ1) is 9.15. The van der Waals surface area contributed by atoms with Gasteiger partial charge in [-0.05, 0) is 37.6 Å². The third-order valence-electron chi connectivity index (χ3n) is 3.26. The van der Waals surface area contributed by atoms with Gasteiger partial charge < -0.3 is 5.32 Å². The van der Waals surface area contributed by atoms with Crippen LogP contribution in [0.1, 0.15) is 36.1 Å². The summed E-state index contributed by atoms with van der Waals surface area (Å²) in [5, 5.41) is 7.77. The molecule has 2 rings (SSSR count). The van der Waals surface area contributed by atoms with Crippen LogP contribution in [0.5, 0.6) is 0 Å².